The van der Waals surface area contributed by atoms with Crippen molar-refractivity contribution in [3.8, 4) is 22.2 Å². The van der Waals surface area contributed by atoms with Crippen LogP contribution in [-0.2, 0) is 18.3 Å². The van der Waals surface area contributed by atoms with Crippen LogP contribution in [0.4, 0.5) is 9.18 Å². The SMILES string of the molecule is COc1cnc2c(-c3nc4c(Cl)c(F)c(OCCOC(=O)NCc5cnn(C)c5)cc4s3)cc(C)cc2n1. The summed E-state index contributed by atoms with van der Waals surface area (Å²) < 4.78 is 33.1. The number of ether oxygens (including phenoxy) is 3. The third-order valence-electron chi connectivity index (χ3n) is 5.51. The van der Waals surface area contributed by atoms with Gasteiger partial charge in [0.25, 0.3) is 0 Å². The molecule has 0 spiro atoms. The van der Waals surface area contributed by atoms with Crippen LogP contribution in [0.25, 0.3) is 31.8 Å². The first-order chi connectivity index (χ1) is 18.3. The highest BCUT2D eigenvalue weighted by Crippen LogP contribution is 2.40. The van der Waals surface area contributed by atoms with Gasteiger partial charge in [-0.3, -0.25) is 4.68 Å². The molecule has 0 fully saturated rings. The molecule has 38 heavy (non-hydrogen) atoms. The van der Waals surface area contributed by atoms with Crippen molar-refractivity contribution in [1.82, 2.24) is 30.0 Å². The molecule has 10 nitrogen and oxygen atoms in total. The monoisotopic (exact) mass is 556 g/mol. The molecule has 0 radical (unpaired) electrons. The van der Waals surface area contributed by atoms with E-state index in [1.54, 1.807) is 24.1 Å². The fraction of sp³-hybridized carbons (Fsp3) is 0.240. The molecule has 5 aromatic rings. The fourth-order valence-electron chi connectivity index (χ4n) is 3.79. The predicted octanol–water partition coefficient (Wildman–Crippen LogP) is 5.05. The smallest absolute Gasteiger partial charge is 0.407 e. The van der Waals surface area contributed by atoms with Gasteiger partial charge in [-0.2, -0.15) is 5.10 Å². The molecule has 1 N–H and O–H groups in total. The summed E-state index contributed by atoms with van der Waals surface area (Å²) in [6.45, 7) is 2.07. The number of hydrogen-bond acceptors (Lipinski definition) is 9. The summed E-state index contributed by atoms with van der Waals surface area (Å²) in [5, 5.41) is 7.09. The number of nitrogens with one attached hydrogen (secondary N) is 1. The van der Waals surface area contributed by atoms with Crippen molar-refractivity contribution < 1.29 is 23.4 Å². The van der Waals surface area contributed by atoms with E-state index < -0.39 is 11.9 Å². The van der Waals surface area contributed by atoms with Crippen LogP contribution in [0.3, 0.4) is 0 Å². The van der Waals surface area contributed by atoms with Gasteiger partial charge in [-0.05, 0) is 24.6 Å². The zero-order chi connectivity index (χ0) is 26.8. The Hall–Kier alpha value is -4.03. The Balaban J connectivity index is 1.30. The van der Waals surface area contributed by atoms with Crippen LogP contribution in [0.5, 0.6) is 11.6 Å². The molecule has 196 valence electrons. The number of halogens is 2. The van der Waals surface area contributed by atoms with Crippen molar-refractivity contribution in [1.29, 1.82) is 0 Å². The van der Waals surface area contributed by atoms with Crippen LogP contribution in [0.15, 0.2) is 36.8 Å². The quantitative estimate of drug-likeness (QED) is 0.264. The van der Waals surface area contributed by atoms with Crippen molar-refractivity contribution in [3.05, 3.63) is 58.8 Å². The molecule has 5 rings (SSSR count). The molecule has 13 heteroatoms. The molecule has 1 amide bonds. The first-order valence-electron chi connectivity index (χ1n) is 11.4. The maximum absolute atomic E-state index is 15.0. The number of benzene rings is 2. The van der Waals surface area contributed by atoms with Crippen molar-refractivity contribution in [3.63, 3.8) is 0 Å². The van der Waals surface area contributed by atoms with Gasteiger partial charge in [0.15, 0.2) is 11.6 Å². The Bertz CT molecular complexity index is 1660. The van der Waals surface area contributed by atoms with Gasteiger partial charge in [-0.25, -0.2) is 24.1 Å². The van der Waals surface area contributed by atoms with Gasteiger partial charge in [0.2, 0.25) is 5.88 Å². The number of hydrogen-bond donors (Lipinski definition) is 1. The van der Waals surface area contributed by atoms with Crippen molar-refractivity contribution in [2.45, 2.75) is 13.5 Å². The molecule has 0 aliphatic rings. The van der Waals surface area contributed by atoms with Gasteiger partial charge >= 0.3 is 6.09 Å². The van der Waals surface area contributed by atoms with Crippen molar-refractivity contribution in [2.24, 2.45) is 7.05 Å². The summed E-state index contributed by atoms with van der Waals surface area (Å²) in [4.78, 5) is 25.4. The molecular formula is C25H22ClFN6O4S. The van der Waals surface area contributed by atoms with Gasteiger partial charge < -0.3 is 19.5 Å². The Labute approximate surface area is 225 Å². The third-order valence-corrected chi connectivity index (χ3v) is 6.89. The minimum absolute atomic E-state index is 0.0595. The number of carbonyl (C=O) groups excluding carboxylic acids is 1. The van der Waals surface area contributed by atoms with E-state index in [0.29, 0.717) is 32.1 Å². The van der Waals surface area contributed by atoms with E-state index in [4.69, 9.17) is 25.8 Å². The Kier molecular flexibility index (Phi) is 7.25. The van der Waals surface area contributed by atoms with Crippen LogP contribution >= 0.6 is 22.9 Å². The number of thiazole rings is 1. The Morgan fingerprint density at radius 3 is 2.79 bits per heavy atom. The summed E-state index contributed by atoms with van der Waals surface area (Å²) in [6.07, 6.45) is 4.34. The number of rotatable bonds is 8. The number of amides is 1. The average molecular weight is 557 g/mol. The van der Waals surface area contributed by atoms with Crippen molar-refractivity contribution >= 4 is 50.3 Å². The molecule has 0 bridgehead atoms. The largest absolute Gasteiger partial charge is 0.487 e. The highest BCUT2D eigenvalue weighted by molar-refractivity contribution is 7.21. The van der Waals surface area contributed by atoms with E-state index in [-0.39, 0.29) is 30.5 Å². The number of methoxy groups -OCH3 is 1. The summed E-state index contributed by atoms with van der Waals surface area (Å²) in [5.41, 5.74) is 4.16. The number of nitrogens with zero attached hydrogens (tertiary/aromatic N) is 5. The Morgan fingerprint density at radius 1 is 1.18 bits per heavy atom. The highest BCUT2D eigenvalue weighted by Gasteiger charge is 2.20. The maximum atomic E-state index is 15.0. The van der Waals surface area contributed by atoms with Crippen LogP contribution < -0.4 is 14.8 Å². The van der Waals surface area contributed by atoms with Gasteiger partial charge in [0, 0.05) is 37.0 Å². The maximum Gasteiger partial charge on any atom is 0.407 e. The molecular weight excluding hydrogens is 535 g/mol. The summed E-state index contributed by atoms with van der Waals surface area (Å²) >= 11 is 7.66. The number of alkyl carbamates (subject to hydrolysis) is 1. The second kappa shape index (κ2) is 10.8. The standard InChI is InChI=1S/C25H22ClFN6O4S/c1-13-6-15(22-16(7-13)31-19(35-3)11-28-22)24-32-23-18(38-24)8-17(21(27)20(23)26)36-4-5-37-25(34)29-9-14-10-30-33(2)12-14/h6-8,10-12H,4-5,9H2,1-3H3,(H,29,34). The van der Waals surface area contributed by atoms with Gasteiger partial charge in [-0.1, -0.05) is 11.6 Å². The lowest BCUT2D eigenvalue weighted by Crippen LogP contribution is -2.25. The minimum Gasteiger partial charge on any atom is -0.487 e. The predicted molar refractivity (Wildman–Crippen MR) is 141 cm³/mol. The lowest BCUT2D eigenvalue weighted by molar-refractivity contribution is 0.123. The van der Waals surface area contributed by atoms with Crippen LogP contribution in [0, 0.1) is 12.7 Å². The van der Waals surface area contributed by atoms with Crippen LogP contribution in [0.2, 0.25) is 5.02 Å². The molecule has 0 saturated heterocycles. The molecule has 0 unspecified atom stereocenters. The molecule has 3 heterocycles. The zero-order valence-corrected chi connectivity index (χ0v) is 22.2. The molecule has 0 saturated carbocycles. The first-order valence-corrected chi connectivity index (χ1v) is 12.6. The van der Waals surface area contributed by atoms with Crippen LogP contribution in [-0.4, -0.2) is 51.1 Å². The number of carbonyl (C=O) groups is 1. The van der Waals surface area contributed by atoms with E-state index in [9.17, 15) is 9.18 Å². The molecule has 0 aliphatic carbocycles. The van der Waals surface area contributed by atoms with Crippen LogP contribution in [0.1, 0.15) is 11.1 Å². The van der Waals surface area contributed by atoms with Gasteiger partial charge in [0.05, 0.1) is 35.2 Å². The third kappa shape index (κ3) is 5.31. The van der Waals surface area contributed by atoms with E-state index >= 15 is 0 Å². The summed E-state index contributed by atoms with van der Waals surface area (Å²) in [7, 11) is 3.31. The number of aromatic nitrogens is 5. The number of aryl methyl sites for hydroxylation is 2. The van der Waals surface area contributed by atoms with E-state index in [2.05, 4.69) is 25.4 Å². The zero-order valence-electron chi connectivity index (χ0n) is 20.6. The topological polar surface area (TPSA) is 113 Å². The molecule has 0 aliphatic heterocycles. The fourth-order valence-corrected chi connectivity index (χ4v) is 5.10. The van der Waals surface area contributed by atoms with Gasteiger partial charge in [0.1, 0.15) is 28.8 Å². The summed E-state index contributed by atoms with van der Waals surface area (Å²) in [6, 6.07) is 5.38. The second-order valence-corrected chi connectivity index (χ2v) is 9.73. The summed E-state index contributed by atoms with van der Waals surface area (Å²) in [5.74, 6) is -0.397. The van der Waals surface area contributed by atoms with E-state index in [0.717, 1.165) is 16.7 Å². The second-order valence-electron chi connectivity index (χ2n) is 8.32. The minimum atomic E-state index is -0.740. The Morgan fingerprint density at radius 2 is 2.03 bits per heavy atom. The molecule has 0 atom stereocenters. The van der Waals surface area contributed by atoms with E-state index in [1.165, 1.54) is 30.7 Å². The number of fused-ring (bicyclic) bond motifs is 2. The average Bonchev–Trinajstić information content (AvgIpc) is 3.53. The lowest BCUT2D eigenvalue weighted by atomic mass is 10.1. The van der Waals surface area contributed by atoms with Crippen molar-refractivity contribution in [2.75, 3.05) is 20.3 Å². The highest BCUT2D eigenvalue weighted by atomic mass is 35.5. The van der Waals surface area contributed by atoms with E-state index in [1.807, 2.05) is 19.1 Å². The molecule has 2 aromatic carbocycles. The first kappa shape index (κ1) is 25.6. The van der Waals surface area contributed by atoms with Gasteiger partial charge in [-0.15, -0.1) is 11.3 Å². The normalized spacial score (nSPS) is 11.2. The molecule has 3 aromatic heterocycles. The lowest BCUT2D eigenvalue weighted by Gasteiger charge is -2.09.